The fourth-order valence-corrected chi connectivity index (χ4v) is 3.80. The maximum Gasteiger partial charge on any atom is 0.220 e. The Morgan fingerprint density at radius 3 is 1.64 bits per heavy atom. The Hall–Kier alpha value is -0.830. The lowest BCUT2D eigenvalue weighted by Gasteiger charge is -2.18. The molecular weight excluding hydrogens is 346 g/mol. The predicted molar refractivity (Wildman–Crippen MR) is 122 cm³/mol. The molecule has 0 aromatic carbocycles. The Morgan fingerprint density at radius 2 is 1.21 bits per heavy atom. The lowest BCUT2D eigenvalue weighted by molar-refractivity contribution is -0.124. The molecular formula is C25H49NO2. The molecule has 2 atom stereocenters. The quantitative estimate of drug-likeness (QED) is 0.163. The van der Waals surface area contributed by atoms with E-state index in [1.54, 1.807) is 0 Å². The van der Waals surface area contributed by atoms with Crippen molar-refractivity contribution in [3.8, 4) is 0 Å². The van der Waals surface area contributed by atoms with E-state index in [2.05, 4.69) is 19.1 Å². The highest BCUT2D eigenvalue weighted by Crippen LogP contribution is 2.19. The highest BCUT2D eigenvalue weighted by Gasteiger charge is 2.21. The number of nitrogens with two attached hydrogens (primary N) is 1. The molecule has 28 heavy (non-hydrogen) atoms. The molecule has 2 unspecified atom stereocenters. The Balaban J connectivity index is 3.33. The van der Waals surface area contributed by atoms with E-state index >= 15 is 0 Å². The summed E-state index contributed by atoms with van der Waals surface area (Å²) in [5.41, 5.74) is 5.43. The van der Waals surface area contributed by atoms with Gasteiger partial charge in [-0.15, -0.1) is 0 Å². The Bertz CT molecular complexity index is 368. The van der Waals surface area contributed by atoms with Crippen molar-refractivity contribution in [1.29, 1.82) is 0 Å². The zero-order valence-electron chi connectivity index (χ0n) is 19.0. The van der Waals surface area contributed by atoms with Crippen LogP contribution in [-0.4, -0.2) is 17.6 Å². The number of unbranched alkanes of at least 4 members (excludes halogenated alkanes) is 14. The van der Waals surface area contributed by atoms with Crippen molar-refractivity contribution in [2.24, 2.45) is 17.6 Å². The van der Waals surface area contributed by atoms with E-state index in [0.717, 1.165) is 12.8 Å². The molecule has 0 fully saturated rings. The first kappa shape index (κ1) is 27.2. The van der Waals surface area contributed by atoms with E-state index < -0.39 is 0 Å². The van der Waals surface area contributed by atoms with Crippen LogP contribution in [0, 0.1) is 11.8 Å². The van der Waals surface area contributed by atoms with Gasteiger partial charge in [0.25, 0.3) is 0 Å². The van der Waals surface area contributed by atoms with Crippen LogP contribution in [0.2, 0.25) is 0 Å². The highest BCUT2D eigenvalue weighted by atomic mass is 16.3. The summed E-state index contributed by atoms with van der Waals surface area (Å²) < 4.78 is 0. The molecule has 3 nitrogen and oxygen atoms in total. The minimum absolute atomic E-state index is 0.0163. The number of hydrogen-bond acceptors (Lipinski definition) is 2. The van der Waals surface area contributed by atoms with Crippen molar-refractivity contribution in [1.82, 2.24) is 0 Å². The third kappa shape index (κ3) is 17.3. The van der Waals surface area contributed by atoms with Crippen LogP contribution in [-0.2, 0) is 4.79 Å². The van der Waals surface area contributed by atoms with Crippen LogP contribution < -0.4 is 5.73 Å². The molecule has 0 aromatic rings. The van der Waals surface area contributed by atoms with Crippen LogP contribution in [0.5, 0.6) is 0 Å². The topological polar surface area (TPSA) is 63.3 Å². The first-order valence-electron chi connectivity index (χ1n) is 12.2. The first-order chi connectivity index (χ1) is 13.6. The van der Waals surface area contributed by atoms with Crippen molar-refractivity contribution < 1.29 is 9.90 Å². The van der Waals surface area contributed by atoms with Crippen molar-refractivity contribution in [3.05, 3.63) is 12.2 Å². The van der Waals surface area contributed by atoms with Gasteiger partial charge in [0.1, 0.15) is 0 Å². The zero-order chi connectivity index (χ0) is 20.9. The second-order valence-electron chi connectivity index (χ2n) is 8.60. The number of rotatable bonds is 21. The second kappa shape index (κ2) is 20.9. The molecule has 0 saturated carbocycles. The Labute approximate surface area is 175 Å². The second-order valence-corrected chi connectivity index (χ2v) is 8.60. The number of allylic oxidation sites excluding steroid dienone is 2. The molecule has 0 aliphatic heterocycles. The molecule has 0 aromatic heterocycles. The first-order valence-corrected chi connectivity index (χ1v) is 12.2. The molecule has 0 aliphatic rings. The summed E-state index contributed by atoms with van der Waals surface area (Å²) in [4.78, 5) is 11.4. The van der Waals surface area contributed by atoms with Crippen LogP contribution in [0.3, 0.4) is 0 Å². The molecule has 0 spiro atoms. The van der Waals surface area contributed by atoms with Gasteiger partial charge in [0, 0.05) is 12.5 Å². The van der Waals surface area contributed by atoms with Gasteiger partial charge in [-0.3, -0.25) is 4.79 Å². The number of carbonyl (C=O) groups is 1. The molecule has 0 rings (SSSR count). The summed E-state index contributed by atoms with van der Waals surface area (Å²) in [6, 6.07) is 0. The fraction of sp³-hybridized carbons (Fsp3) is 0.880. The summed E-state index contributed by atoms with van der Waals surface area (Å²) in [7, 11) is 0. The minimum Gasteiger partial charge on any atom is -0.396 e. The van der Waals surface area contributed by atoms with Crippen LogP contribution in [0.15, 0.2) is 12.2 Å². The standard InChI is InChI=1S/C25H49NO2/c1-3-4-5-6-7-8-9-10-11-12-13-14-15-16-17-18-19-20-21-24(25(26)28)23(2)22-27/h10-11,23-24,27H,3-9,12-22H2,1-2H3,(H2,26,28)/b11-10-. The predicted octanol–water partition coefficient (Wildman–Crippen LogP) is 6.92. The SMILES string of the molecule is CCCCCCCC/C=C\CCCCCCCCCCC(C(N)=O)C(C)CO. The molecule has 3 heteroatoms. The lowest BCUT2D eigenvalue weighted by atomic mass is 9.88. The minimum atomic E-state index is -0.262. The summed E-state index contributed by atoms with van der Waals surface area (Å²) in [5.74, 6) is -0.445. The van der Waals surface area contributed by atoms with Gasteiger partial charge in [0.15, 0.2) is 0 Å². The normalized spacial score (nSPS) is 13.8. The smallest absolute Gasteiger partial charge is 0.220 e. The largest absolute Gasteiger partial charge is 0.396 e. The van der Waals surface area contributed by atoms with E-state index in [4.69, 9.17) is 5.73 Å². The van der Waals surface area contributed by atoms with Gasteiger partial charge in [-0.05, 0) is 38.0 Å². The van der Waals surface area contributed by atoms with Crippen LogP contribution in [0.4, 0.5) is 0 Å². The monoisotopic (exact) mass is 395 g/mol. The number of hydrogen-bond donors (Lipinski definition) is 2. The average molecular weight is 396 g/mol. The van der Waals surface area contributed by atoms with E-state index in [0.29, 0.717) is 0 Å². The molecule has 0 bridgehead atoms. The third-order valence-electron chi connectivity index (χ3n) is 5.87. The fourth-order valence-electron chi connectivity index (χ4n) is 3.80. The van der Waals surface area contributed by atoms with E-state index in [9.17, 15) is 9.90 Å². The van der Waals surface area contributed by atoms with E-state index in [1.807, 2.05) is 6.92 Å². The summed E-state index contributed by atoms with van der Waals surface area (Å²) in [6.45, 7) is 4.22. The van der Waals surface area contributed by atoms with Gasteiger partial charge >= 0.3 is 0 Å². The van der Waals surface area contributed by atoms with Crippen LogP contribution in [0.1, 0.15) is 123 Å². The van der Waals surface area contributed by atoms with Crippen LogP contribution >= 0.6 is 0 Å². The number of aliphatic hydroxyl groups excluding tert-OH is 1. The van der Waals surface area contributed by atoms with Crippen molar-refractivity contribution in [3.63, 3.8) is 0 Å². The Morgan fingerprint density at radius 1 is 0.786 bits per heavy atom. The molecule has 0 heterocycles. The van der Waals surface area contributed by atoms with Gasteiger partial charge in [0.05, 0.1) is 0 Å². The van der Waals surface area contributed by atoms with Crippen molar-refractivity contribution in [2.75, 3.05) is 6.61 Å². The molecule has 3 N–H and O–H groups in total. The molecule has 0 saturated heterocycles. The maximum absolute atomic E-state index is 11.4. The van der Waals surface area contributed by atoms with Crippen LogP contribution in [0.25, 0.3) is 0 Å². The summed E-state index contributed by atoms with van der Waals surface area (Å²) in [6.07, 6.45) is 26.5. The van der Waals surface area contributed by atoms with Gasteiger partial charge in [-0.25, -0.2) is 0 Å². The van der Waals surface area contributed by atoms with E-state index in [-0.39, 0.29) is 24.3 Å². The third-order valence-corrected chi connectivity index (χ3v) is 5.87. The molecule has 0 radical (unpaired) electrons. The lowest BCUT2D eigenvalue weighted by Crippen LogP contribution is -2.30. The van der Waals surface area contributed by atoms with Gasteiger partial charge < -0.3 is 10.8 Å². The Kier molecular flexibility index (Phi) is 20.3. The maximum atomic E-state index is 11.4. The molecule has 1 amide bonds. The van der Waals surface area contributed by atoms with Gasteiger partial charge in [-0.2, -0.15) is 0 Å². The van der Waals surface area contributed by atoms with E-state index in [1.165, 1.54) is 96.3 Å². The van der Waals surface area contributed by atoms with Gasteiger partial charge in [-0.1, -0.05) is 103 Å². The van der Waals surface area contributed by atoms with Gasteiger partial charge in [0.2, 0.25) is 5.91 Å². The van der Waals surface area contributed by atoms with Crippen molar-refractivity contribution >= 4 is 5.91 Å². The number of primary amides is 1. The number of amides is 1. The molecule has 166 valence electrons. The number of carbonyl (C=O) groups excluding carboxylic acids is 1. The summed E-state index contributed by atoms with van der Waals surface area (Å²) in [5, 5.41) is 9.19. The summed E-state index contributed by atoms with van der Waals surface area (Å²) >= 11 is 0. The highest BCUT2D eigenvalue weighted by molar-refractivity contribution is 5.76. The average Bonchev–Trinajstić information content (AvgIpc) is 2.69. The molecule has 0 aliphatic carbocycles. The van der Waals surface area contributed by atoms with Crippen molar-refractivity contribution in [2.45, 2.75) is 123 Å². The number of aliphatic hydroxyl groups is 1. The zero-order valence-corrected chi connectivity index (χ0v) is 19.0.